The highest BCUT2D eigenvalue weighted by molar-refractivity contribution is 5.64. The zero-order valence-electron chi connectivity index (χ0n) is 10.2. The third kappa shape index (κ3) is 3.59. The van der Waals surface area contributed by atoms with E-state index in [4.69, 9.17) is 5.26 Å². The van der Waals surface area contributed by atoms with Crippen LogP contribution < -0.4 is 5.32 Å². The lowest BCUT2D eigenvalue weighted by molar-refractivity contribution is -0.384. The van der Waals surface area contributed by atoms with E-state index in [1.807, 2.05) is 19.1 Å². The first-order valence-electron chi connectivity index (χ1n) is 5.64. The highest BCUT2D eigenvalue weighted by atomic mass is 16.6. The molecule has 1 unspecified atom stereocenters. The Bertz CT molecular complexity index is 491. The van der Waals surface area contributed by atoms with Crippen molar-refractivity contribution < 1.29 is 4.92 Å². The Kier molecular flexibility index (Phi) is 4.88. The lowest BCUT2D eigenvalue weighted by atomic mass is 10.1. The minimum Gasteiger partial charge on any atom is -0.377 e. The van der Waals surface area contributed by atoms with Gasteiger partial charge >= 0.3 is 0 Å². The van der Waals surface area contributed by atoms with Crippen molar-refractivity contribution in [3.8, 4) is 6.07 Å². The molecule has 0 saturated heterocycles. The predicted octanol–water partition coefficient (Wildman–Crippen LogP) is 3.23. The summed E-state index contributed by atoms with van der Waals surface area (Å²) in [5.74, 6) is 0. The fourth-order valence-electron chi connectivity index (χ4n) is 1.58. The van der Waals surface area contributed by atoms with Gasteiger partial charge in [0.05, 0.1) is 16.6 Å². The summed E-state index contributed by atoms with van der Waals surface area (Å²) in [5, 5.41) is 22.7. The molecule has 0 saturated carbocycles. The Labute approximate surface area is 106 Å². The van der Waals surface area contributed by atoms with Gasteiger partial charge in [-0.2, -0.15) is 5.26 Å². The number of nitrogens with zero attached hydrogens (tertiary/aromatic N) is 2. The molecule has 0 aliphatic rings. The molecule has 0 aliphatic heterocycles. The van der Waals surface area contributed by atoms with E-state index >= 15 is 0 Å². The first-order chi connectivity index (χ1) is 8.58. The van der Waals surface area contributed by atoms with Gasteiger partial charge in [-0.3, -0.25) is 10.1 Å². The second kappa shape index (κ2) is 6.40. The Morgan fingerprint density at radius 1 is 1.67 bits per heavy atom. The van der Waals surface area contributed by atoms with Gasteiger partial charge in [-0.05, 0) is 31.9 Å². The molecule has 0 spiro atoms. The van der Waals surface area contributed by atoms with Gasteiger partial charge in [-0.15, -0.1) is 6.58 Å². The molecule has 1 atom stereocenters. The number of anilines is 1. The third-order valence-corrected chi connectivity index (χ3v) is 2.53. The Hall–Kier alpha value is -2.35. The van der Waals surface area contributed by atoms with Gasteiger partial charge in [0.25, 0.3) is 5.69 Å². The quantitative estimate of drug-likeness (QED) is 0.474. The van der Waals surface area contributed by atoms with Crippen molar-refractivity contribution in [2.45, 2.75) is 25.8 Å². The molecular weight excluding hydrogens is 230 g/mol. The molecule has 0 aliphatic carbocycles. The number of nitrogens with one attached hydrogen (secondary N) is 1. The molecule has 1 aromatic carbocycles. The van der Waals surface area contributed by atoms with Crippen molar-refractivity contribution in [1.29, 1.82) is 5.26 Å². The van der Waals surface area contributed by atoms with Gasteiger partial charge in [0.15, 0.2) is 0 Å². The van der Waals surface area contributed by atoms with E-state index in [2.05, 4.69) is 11.9 Å². The molecule has 0 aromatic heterocycles. The van der Waals surface area contributed by atoms with Crippen LogP contribution in [0, 0.1) is 21.4 Å². The van der Waals surface area contributed by atoms with Crippen LogP contribution in [0.3, 0.4) is 0 Å². The number of nitriles is 1. The van der Waals surface area contributed by atoms with Crippen LogP contribution in [0.2, 0.25) is 0 Å². The average Bonchev–Trinajstić information content (AvgIpc) is 2.36. The molecule has 0 radical (unpaired) electrons. The van der Waals surface area contributed by atoms with Crippen molar-refractivity contribution in [2.24, 2.45) is 0 Å². The molecule has 1 rings (SSSR count). The summed E-state index contributed by atoms with van der Waals surface area (Å²) in [6, 6.07) is 6.41. The summed E-state index contributed by atoms with van der Waals surface area (Å²) in [6.07, 6.45) is 3.50. The SMILES string of the molecule is C=CCCC(C)Nc1ccc(C#N)cc1[N+](=O)[O-]. The molecular formula is C13H15N3O2. The van der Waals surface area contributed by atoms with E-state index in [1.165, 1.54) is 6.07 Å². The van der Waals surface area contributed by atoms with Gasteiger partial charge in [-0.25, -0.2) is 0 Å². The minimum atomic E-state index is -0.483. The molecule has 94 valence electrons. The molecule has 0 bridgehead atoms. The van der Waals surface area contributed by atoms with Gasteiger partial charge < -0.3 is 5.32 Å². The molecule has 1 aromatic rings. The van der Waals surface area contributed by atoms with Crippen LogP contribution in [0.5, 0.6) is 0 Å². The number of rotatable bonds is 6. The van der Waals surface area contributed by atoms with Crippen molar-refractivity contribution in [1.82, 2.24) is 0 Å². The first kappa shape index (κ1) is 13.7. The highest BCUT2D eigenvalue weighted by Gasteiger charge is 2.15. The summed E-state index contributed by atoms with van der Waals surface area (Å²) in [4.78, 5) is 10.4. The summed E-state index contributed by atoms with van der Waals surface area (Å²) in [6.45, 7) is 5.59. The highest BCUT2D eigenvalue weighted by Crippen LogP contribution is 2.26. The van der Waals surface area contributed by atoms with Crippen molar-refractivity contribution in [3.63, 3.8) is 0 Å². The maximum absolute atomic E-state index is 10.9. The predicted molar refractivity (Wildman–Crippen MR) is 70.3 cm³/mol. The molecule has 5 nitrogen and oxygen atoms in total. The van der Waals surface area contributed by atoms with Crippen molar-refractivity contribution in [3.05, 3.63) is 46.5 Å². The third-order valence-electron chi connectivity index (χ3n) is 2.53. The van der Waals surface area contributed by atoms with Gasteiger partial charge in [-0.1, -0.05) is 6.08 Å². The van der Waals surface area contributed by atoms with E-state index in [1.54, 1.807) is 12.1 Å². The summed E-state index contributed by atoms with van der Waals surface area (Å²) >= 11 is 0. The van der Waals surface area contributed by atoms with Crippen LogP contribution in [0.1, 0.15) is 25.3 Å². The molecule has 5 heteroatoms. The number of nitro groups is 1. The van der Waals surface area contributed by atoms with Crippen molar-refractivity contribution >= 4 is 11.4 Å². The monoisotopic (exact) mass is 245 g/mol. The maximum Gasteiger partial charge on any atom is 0.293 e. The van der Waals surface area contributed by atoms with E-state index in [0.717, 1.165) is 12.8 Å². The first-order valence-corrected chi connectivity index (χ1v) is 5.64. The van der Waals surface area contributed by atoms with Crippen LogP contribution in [-0.2, 0) is 0 Å². The zero-order chi connectivity index (χ0) is 13.5. The van der Waals surface area contributed by atoms with E-state index < -0.39 is 4.92 Å². The number of hydrogen-bond donors (Lipinski definition) is 1. The average molecular weight is 245 g/mol. The Morgan fingerprint density at radius 3 is 2.94 bits per heavy atom. The van der Waals surface area contributed by atoms with Crippen molar-refractivity contribution in [2.75, 3.05) is 5.32 Å². The fourth-order valence-corrected chi connectivity index (χ4v) is 1.58. The second-order valence-corrected chi connectivity index (χ2v) is 4.01. The lowest BCUT2D eigenvalue weighted by Gasteiger charge is -2.14. The van der Waals surface area contributed by atoms with Crippen LogP contribution >= 0.6 is 0 Å². The second-order valence-electron chi connectivity index (χ2n) is 4.01. The summed E-state index contributed by atoms with van der Waals surface area (Å²) in [7, 11) is 0. The normalized spacial score (nSPS) is 11.3. The van der Waals surface area contributed by atoms with E-state index in [0.29, 0.717) is 5.69 Å². The van der Waals surface area contributed by atoms with Crippen LogP contribution in [0.15, 0.2) is 30.9 Å². The molecule has 1 N–H and O–H groups in total. The largest absolute Gasteiger partial charge is 0.377 e. The van der Waals surface area contributed by atoms with Gasteiger partial charge in [0.2, 0.25) is 0 Å². The molecule has 0 heterocycles. The number of nitro benzene ring substituents is 1. The molecule has 18 heavy (non-hydrogen) atoms. The smallest absolute Gasteiger partial charge is 0.293 e. The number of benzene rings is 1. The zero-order valence-corrected chi connectivity index (χ0v) is 10.2. The molecule has 0 amide bonds. The minimum absolute atomic E-state index is 0.0699. The lowest BCUT2D eigenvalue weighted by Crippen LogP contribution is -2.15. The Balaban J connectivity index is 2.91. The van der Waals surface area contributed by atoms with Crippen LogP contribution in [-0.4, -0.2) is 11.0 Å². The van der Waals surface area contributed by atoms with E-state index in [-0.39, 0.29) is 17.3 Å². The number of hydrogen-bond acceptors (Lipinski definition) is 4. The van der Waals surface area contributed by atoms with Crippen LogP contribution in [0.25, 0.3) is 0 Å². The number of allylic oxidation sites excluding steroid dienone is 1. The van der Waals surface area contributed by atoms with Gasteiger partial charge in [0.1, 0.15) is 5.69 Å². The maximum atomic E-state index is 10.9. The standard InChI is InChI=1S/C13H15N3O2/c1-3-4-5-10(2)15-12-7-6-11(9-14)8-13(12)16(17)18/h3,6-8,10,15H,1,4-5H2,2H3. The summed E-state index contributed by atoms with van der Waals surface area (Å²) in [5.41, 5.74) is 0.654. The van der Waals surface area contributed by atoms with Crippen LogP contribution in [0.4, 0.5) is 11.4 Å². The van der Waals surface area contributed by atoms with Gasteiger partial charge in [0, 0.05) is 12.1 Å². The Morgan fingerprint density at radius 2 is 2.39 bits per heavy atom. The molecule has 0 fully saturated rings. The van der Waals surface area contributed by atoms with E-state index in [9.17, 15) is 10.1 Å². The topological polar surface area (TPSA) is 79.0 Å². The summed E-state index contributed by atoms with van der Waals surface area (Å²) < 4.78 is 0. The fraction of sp³-hybridized carbons (Fsp3) is 0.308.